The minimum Gasteiger partial charge on any atom is -0.490 e. The van der Waals surface area contributed by atoms with Crippen molar-refractivity contribution < 1.29 is 29.3 Å². The summed E-state index contributed by atoms with van der Waals surface area (Å²) in [5.41, 5.74) is -0.669. The van der Waals surface area contributed by atoms with E-state index in [-0.39, 0.29) is 22.6 Å². The summed E-state index contributed by atoms with van der Waals surface area (Å²) in [6.45, 7) is 8.11. The standard InChI is InChI=1S/C24H34O6/c1-3-5-7-9-11-13-17-29-20-16-15-19(23(25)26)21(24(27)28)22(20)30-18-14-12-10-8-6-4-2/h3-4,15-16H,1-2,5-14,17-18H2,(H,25,26)(H,27,28). The Balaban J connectivity index is 2.78. The molecule has 0 fully saturated rings. The van der Waals surface area contributed by atoms with Crippen molar-refractivity contribution in [2.75, 3.05) is 13.2 Å². The number of rotatable bonds is 18. The fourth-order valence-corrected chi connectivity index (χ4v) is 3.06. The molecule has 1 rings (SSSR count). The number of ether oxygens (including phenoxy) is 2. The molecule has 1 aromatic carbocycles. The second-order valence-corrected chi connectivity index (χ2v) is 7.11. The molecule has 0 heterocycles. The number of unbranched alkanes of at least 4 members (excludes halogenated alkanes) is 8. The van der Waals surface area contributed by atoms with Crippen molar-refractivity contribution in [3.63, 3.8) is 0 Å². The third kappa shape index (κ3) is 9.16. The molecule has 0 radical (unpaired) electrons. The van der Waals surface area contributed by atoms with Crippen LogP contribution in [-0.2, 0) is 0 Å². The molecule has 30 heavy (non-hydrogen) atoms. The normalized spacial score (nSPS) is 10.4. The van der Waals surface area contributed by atoms with E-state index < -0.39 is 11.9 Å². The Labute approximate surface area is 179 Å². The van der Waals surface area contributed by atoms with Crippen molar-refractivity contribution in [3.05, 3.63) is 48.6 Å². The Hall–Kier alpha value is -2.76. The first-order chi connectivity index (χ1) is 14.5. The molecule has 166 valence electrons. The van der Waals surface area contributed by atoms with Gasteiger partial charge in [0, 0.05) is 0 Å². The second-order valence-electron chi connectivity index (χ2n) is 7.11. The van der Waals surface area contributed by atoms with Gasteiger partial charge >= 0.3 is 11.9 Å². The van der Waals surface area contributed by atoms with Crippen LogP contribution >= 0.6 is 0 Å². The summed E-state index contributed by atoms with van der Waals surface area (Å²) in [6.07, 6.45) is 13.5. The van der Waals surface area contributed by atoms with E-state index in [1.165, 1.54) is 12.1 Å². The van der Waals surface area contributed by atoms with Crippen LogP contribution in [0.5, 0.6) is 11.5 Å². The average Bonchev–Trinajstić information content (AvgIpc) is 2.72. The molecule has 0 amide bonds. The highest BCUT2D eigenvalue weighted by molar-refractivity contribution is 6.04. The second kappa shape index (κ2) is 15.1. The van der Waals surface area contributed by atoms with Crippen LogP contribution in [0.25, 0.3) is 0 Å². The molecule has 6 heteroatoms. The van der Waals surface area contributed by atoms with E-state index in [0.29, 0.717) is 13.2 Å². The first-order valence-corrected chi connectivity index (χ1v) is 10.6. The van der Waals surface area contributed by atoms with Crippen molar-refractivity contribution in [3.8, 4) is 11.5 Å². The number of allylic oxidation sites excluding steroid dienone is 2. The van der Waals surface area contributed by atoms with Crippen molar-refractivity contribution in [1.29, 1.82) is 0 Å². The first kappa shape index (κ1) is 25.3. The third-order valence-corrected chi connectivity index (χ3v) is 4.67. The van der Waals surface area contributed by atoms with Crippen LogP contribution in [0.15, 0.2) is 37.4 Å². The van der Waals surface area contributed by atoms with Crippen LogP contribution in [0.2, 0.25) is 0 Å². The van der Waals surface area contributed by atoms with Gasteiger partial charge in [-0.05, 0) is 50.7 Å². The van der Waals surface area contributed by atoms with E-state index in [2.05, 4.69) is 13.2 Å². The highest BCUT2D eigenvalue weighted by Crippen LogP contribution is 2.34. The van der Waals surface area contributed by atoms with Crippen LogP contribution in [-0.4, -0.2) is 35.4 Å². The fraction of sp³-hybridized carbons (Fsp3) is 0.500. The molecule has 1 aromatic rings. The Morgan fingerprint density at radius 3 is 1.80 bits per heavy atom. The molecular weight excluding hydrogens is 384 g/mol. The highest BCUT2D eigenvalue weighted by Gasteiger charge is 2.25. The Kier molecular flexibility index (Phi) is 12.7. The maximum absolute atomic E-state index is 11.8. The lowest BCUT2D eigenvalue weighted by Crippen LogP contribution is -2.13. The summed E-state index contributed by atoms with van der Waals surface area (Å²) in [5.74, 6) is -2.38. The summed E-state index contributed by atoms with van der Waals surface area (Å²) in [7, 11) is 0. The van der Waals surface area contributed by atoms with Gasteiger partial charge < -0.3 is 19.7 Å². The Morgan fingerprint density at radius 1 is 0.767 bits per heavy atom. The summed E-state index contributed by atoms with van der Waals surface area (Å²) < 4.78 is 11.5. The summed E-state index contributed by atoms with van der Waals surface area (Å²) in [6, 6.07) is 2.74. The summed E-state index contributed by atoms with van der Waals surface area (Å²) >= 11 is 0. The van der Waals surface area contributed by atoms with Crippen molar-refractivity contribution in [1.82, 2.24) is 0 Å². The first-order valence-electron chi connectivity index (χ1n) is 10.6. The molecule has 0 aliphatic heterocycles. The largest absolute Gasteiger partial charge is 0.490 e. The molecular formula is C24H34O6. The lowest BCUT2D eigenvalue weighted by atomic mass is 10.1. The van der Waals surface area contributed by atoms with E-state index in [1.807, 2.05) is 12.2 Å². The molecule has 0 aliphatic carbocycles. The van der Waals surface area contributed by atoms with E-state index in [1.54, 1.807) is 0 Å². The maximum atomic E-state index is 11.8. The van der Waals surface area contributed by atoms with Gasteiger partial charge in [-0.2, -0.15) is 0 Å². The third-order valence-electron chi connectivity index (χ3n) is 4.67. The van der Waals surface area contributed by atoms with Gasteiger partial charge in [-0.1, -0.05) is 37.8 Å². The van der Waals surface area contributed by atoms with Crippen LogP contribution in [0.1, 0.15) is 84.9 Å². The van der Waals surface area contributed by atoms with Crippen LogP contribution in [0.4, 0.5) is 0 Å². The van der Waals surface area contributed by atoms with E-state index in [4.69, 9.17) is 9.47 Å². The zero-order chi connectivity index (χ0) is 22.2. The predicted octanol–water partition coefficient (Wildman–Crippen LogP) is 6.11. The number of carboxylic acids is 2. The topological polar surface area (TPSA) is 93.1 Å². The van der Waals surface area contributed by atoms with E-state index >= 15 is 0 Å². The van der Waals surface area contributed by atoms with Crippen molar-refractivity contribution >= 4 is 11.9 Å². The average molecular weight is 419 g/mol. The SMILES string of the molecule is C=CCCCCCCOc1ccc(C(=O)O)c(C(=O)O)c1OCCCCCCC=C. The molecule has 0 atom stereocenters. The summed E-state index contributed by atoms with van der Waals surface area (Å²) in [5, 5.41) is 19.0. The lowest BCUT2D eigenvalue weighted by Gasteiger charge is -2.16. The minimum absolute atomic E-state index is 0.000138. The molecule has 0 saturated carbocycles. The summed E-state index contributed by atoms with van der Waals surface area (Å²) in [4.78, 5) is 23.2. The number of hydrogen-bond acceptors (Lipinski definition) is 4. The molecule has 0 bridgehead atoms. The molecule has 0 saturated heterocycles. The van der Waals surface area contributed by atoms with Gasteiger partial charge in [0.15, 0.2) is 11.5 Å². The Bertz CT molecular complexity index is 695. The molecule has 0 spiro atoms. The number of carbonyl (C=O) groups is 2. The molecule has 0 aliphatic rings. The molecule has 6 nitrogen and oxygen atoms in total. The highest BCUT2D eigenvalue weighted by atomic mass is 16.5. The van der Waals surface area contributed by atoms with Gasteiger partial charge in [-0.15, -0.1) is 13.2 Å². The minimum atomic E-state index is -1.34. The molecule has 0 unspecified atom stereocenters. The van der Waals surface area contributed by atoms with E-state index in [0.717, 1.165) is 64.2 Å². The quantitative estimate of drug-likeness (QED) is 0.221. The van der Waals surface area contributed by atoms with Crippen LogP contribution in [0.3, 0.4) is 0 Å². The zero-order valence-corrected chi connectivity index (χ0v) is 17.7. The van der Waals surface area contributed by atoms with E-state index in [9.17, 15) is 19.8 Å². The number of aromatic carboxylic acids is 2. The van der Waals surface area contributed by atoms with Crippen molar-refractivity contribution in [2.24, 2.45) is 0 Å². The van der Waals surface area contributed by atoms with Gasteiger partial charge in [0.05, 0.1) is 18.8 Å². The molecule has 2 N–H and O–H groups in total. The van der Waals surface area contributed by atoms with Crippen LogP contribution in [0, 0.1) is 0 Å². The van der Waals surface area contributed by atoms with Gasteiger partial charge in [0.25, 0.3) is 0 Å². The fourth-order valence-electron chi connectivity index (χ4n) is 3.06. The number of benzene rings is 1. The van der Waals surface area contributed by atoms with Crippen molar-refractivity contribution in [2.45, 2.75) is 64.2 Å². The lowest BCUT2D eigenvalue weighted by molar-refractivity contribution is 0.0646. The number of carboxylic acid groups (broad SMARTS) is 2. The van der Waals surface area contributed by atoms with Crippen LogP contribution < -0.4 is 9.47 Å². The van der Waals surface area contributed by atoms with Gasteiger partial charge in [0.2, 0.25) is 0 Å². The zero-order valence-electron chi connectivity index (χ0n) is 17.7. The molecule has 0 aromatic heterocycles. The van der Waals surface area contributed by atoms with Gasteiger partial charge in [0.1, 0.15) is 5.56 Å². The Morgan fingerprint density at radius 2 is 1.30 bits per heavy atom. The van der Waals surface area contributed by atoms with Gasteiger partial charge in [-0.25, -0.2) is 9.59 Å². The number of hydrogen-bond donors (Lipinski definition) is 2. The smallest absolute Gasteiger partial charge is 0.340 e. The maximum Gasteiger partial charge on any atom is 0.340 e. The van der Waals surface area contributed by atoms with Gasteiger partial charge in [-0.3, -0.25) is 0 Å². The predicted molar refractivity (Wildman–Crippen MR) is 118 cm³/mol. The monoisotopic (exact) mass is 418 g/mol.